The number of nitrogens with one attached hydrogen (secondary N) is 1. The number of aryl methyl sites for hydroxylation is 1. The molecule has 0 fully saturated rings. The molecule has 3 aromatic rings. The molecule has 2 heterocycles. The Kier molecular flexibility index (Phi) is 4.72. The van der Waals surface area contributed by atoms with Crippen LogP contribution in [0.15, 0.2) is 47.9 Å². The van der Waals surface area contributed by atoms with Crippen molar-refractivity contribution in [3.05, 3.63) is 48.5 Å². The lowest BCUT2D eigenvalue weighted by atomic mass is 10.2. The number of ether oxygens (including phenoxy) is 1. The highest BCUT2D eigenvalue weighted by atomic mass is 32.2. The quantitative estimate of drug-likeness (QED) is 0.641. The van der Waals surface area contributed by atoms with E-state index in [0.29, 0.717) is 30.9 Å². The maximum absolute atomic E-state index is 12.3. The molecule has 0 saturated carbocycles. The summed E-state index contributed by atoms with van der Waals surface area (Å²) in [5.41, 5.74) is 0.962. The topological polar surface area (TPSA) is 98.5 Å². The maximum atomic E-state index is 12.3. The fraction of sp³-hybridized carbons (Fsp3) is 0.267. The molecular weight excluding hydrogens is 330 g/mol. The summed E-state index contributed by atoms with van der Waals surface area (Å²) >= 11 is 0. The van der Waals surface area contributed by atoms with E-state index < -0.39 is 10.0 Å². The first-order valence-electron chi connectivity index (χ1n) is 7.37. The Morgan fingerprint density at radius 3 is 2.92 bits per heavy atom. The van der Waals surface area contributed by atoms with E-state index in [2.05, 4.69) is 19.8 Å². The van der Waals surface area contributed by atoms with Gasteiger partial charge in [0.1, 0.15) is 17.0 Å². The molecule has 0 atom stereocenters. The number of para-hydroxylation sites is 1. The van der Waals surface area contributed by atoms with Crippen LogP contribution in [-0.4, -0.2) is 41.7 Å². The SMILES string of the molecule is COc1ccccc1S(=O)(=O)NCCCc1cnc2ncnn2c1. The average molecular weight is 347 g/mol. The molecule has 126 valence electrons. The van der Waals surface area contributed by atoms with Crippen molar-refractivity contribution >= 4 is 15.8 Å². The summed E-state index contributed by atoms with van der Waals surface area (Å²) in [6.45, 7) is 0.315. The van der Waals surface area contributed by atoms with Crippen LogP contribution in [0.4, 0.5) is 0 Å². The Hall–Kier alpha value is -2.52. The minimum absolute atomic E-state index is 0.137. The highest BCUT2D eigenvalue weighted by molar-refractivity contribution is 7.89. The molecule has 0 amide bonds. The van der Waals surface area contributed by atoms with Gasteiger partial charge in [-0.05, 0) is 30.5 Å². The molecule has 0 radical (unpaired) electrons. The molecule has 8 nitrogen and oxygen atoms in total. The van der Waals surface area contributed by atoms with Crippen molar-refractivity contribution in [2.45, 2.75) is 17.7 Å². The van der Waals surface area contributed by atoms with Crippen molar-refractivity contribution in [1.29, 1.82) is 0 Å². The van der Waals surface area contributed by atoms with Crippen molar-refractivity contribution in [3.8, 4) is 5.75 Å². The minimum Gasteiger partial charge on any atom is -0.495 e. The lowest BCUT2D eigenvalue weighted by Gasteiger charge is -2.10. The molecule has 0 aliphatic carbocycles. The van der Waals surface area contributed by atoms with Crippen LogP contribution in [0.5, 0.6) is 5.75 Å². The summed E-state index contributed by atoms with van der Waals surface area (Å²) in [6, 6.07) is 6.53. The van der Waals surface area contributed by atoms with Crippen LogP contribution in [0, 0.1) is 0 Å². The van der Waals surface area contributed by atoms with Gasteiger partial charge in [-0.15, -0.1) is 0 Å². The van der Waals surface area contributed by atoms with Gasteiger partial charge < -0.3 is 4.74 Å². The zero-order chi connectivity index (χ0) is 17.0. The van der Waals surface area contributed by atoms with Gasteiger partial charge in [-0.1, -0.05) is 12.1 Å². The summed E-state index contributed by atoms with van der Waals surface area (Å²) in [5, 5.41) is 4.02. The molecule has 1 N–H and O–H groups in total. The zero-order valence-corrected chi connectivity index (χ0v) is 13.9. The summed E-state index contributed by atoms with van der Waals surface area (Å²) < 4.78 is 34.0. The normalized spacial score (nSPS) is 11.7. The second-order valence-corrected chi connectivity index (χ2v) is 6.85. The number of hydrogen-bond donors (Lipinski definition) is 1. The van der Waals surface area contributed by atoms with E-state index >= 15 is 0 Å². The van der Waals surface area contributed by atoms with Gasteiger partial charge >= 0.3 is 0 Å². The van der Waals surface area contributed by atoms with Gasteiger partial charge in [0.25, 0.3) is 5.78 Å². The number of fused-ring (bicyclic) bond motifs is 1. The highest BCUT2D eigenvalue weighted by Crippen LogP contribution is 2.22. The summed E-state index contributed by atoms with van der Waals surface area (Å²) in [5.74, 6) is 0.862. The van der Waals surface area contributed by atoms with Gasteiger partial charge in [0.05, 0.1) is 7.11 Å². The van der Waals surface area contributed by atoms with Crippen molar-refractivity contribution in [1.82, 2.24) is 24.3 Å². The van der Waals surface area contributed by atoms with Crippen molar-refractivity contribution in [2.24, 2.45) is 0 Å². The summed E-state index contributed by atoms with van der Waals surface area (Å²) in [4.78, 5) is 8.29. The maximum Gasteiger partial charge on any atom is 0.252 e. The van der Waals surface area contributed by atoms with Crippen molar-refractivity contribution < 1.29 is 13.2 Å². The molecule has 0 unspecified atom stereocenters. The first-order chi connectivity index (χ1) is 11.6. The molecule has 0 bridgehead atoms. The predicted molar refractivity (Wildman–Crippen MR) is 87.3 cm³/mol. The molecule has 1 aromatic carbocycles. The molecule has 3 rings (SSSR count). The number of methoxy groups -OCH3 is 1. The molecule has 24 heavy (non-hydrogen) atoms. The third kappa shape index (κ3) is 3.52. The van der Waals surface area contributed by atoms with Crippen molar-refractivity contribution in [3.63, 3.8) is 0 Å². The van der Waals surface area contributed by atoms with E-state index in [1.54, 1.807) is 28.9 Å². The molecule has 0 spiro atoms. The monoisotopic (exact) mass is 347 g/mol. The van der Waals surface area contributed by atoms with E-state index in [4.69, 9.17) is 4.74 Å². The van der Waals surface area contributed by atoms with Crippen molar-refractivity contribution in [2.75, 3.05) is 13.7 Å². The number of aromatic nitrogens is 4. The fourth-order valence-electron chi connectivity index (χ4n) is 2.31. The lowest BCUT2D eigenvalue weighted by molar-refractivity contribution is 0.402. The van der Waals surface area contributed by atoms with Crippen LogP contribution in [0.3, 0.4) is 0 Å². The van der Waals surface area contributed by atoms with E-state index in [9.17, 15) is 8.42 Å². The first kappa shape index (κ1) is 16.3. The molecule has 0 aliphatic rings. The van der Waals surface area contributed by atoms with Gasteiger partial charge in [0.2, 0.25) is 10.0 Å². The zero-order valence-electron chi connectivity index (χ0n) is 13.1. The Morgan fingerprint density at radius 2 is 2.08 bits per heavy atom. The minimum atomic E-state index is -3.60. The highest BCUT2D eigenvalue weighted by Gasteiger charge is 2.18. The van der Waals surface area contributed by atoms with Gasteiger partial charge in [-0.3, -0.25) is 0 Å². The summed E-state index contributed by atoms with van der Waals surface area (Å²) in [7, 11) is -2.16. The number of sulfonamides is 1. The molecule has 0 aliphatic heterocycles. The summed E-state index contributed by atoms with van der Waals surface area (Å²) in [6.07, 6.45) is 6.31. The van der Waals surface area contributed by atoms with Crippen LogP contribution in [0.1, 0.15) is 12.0 Å². The Labute approximate surface area is 139 Å². The molecule has 9 heteroatoms. The number of nitrogens with zero attached hydrogens (tertiary/aromatic N) is 4. The van der Waals surface area contributed by atoms with Crippen LogP contribution in [0.2, 0.25) is 0 Å². The van der Waals surface area contributed by atoms with Crippen LogP contribution in [0.25, 0.3) is 5.78 Å². The molecule has 0 saturated heterocycles. The standard InChI is InChI=1S/C15H17N5O3S/c1-23-13-6-2-3-7-14(13)24(21,22)19-8-4-5-12-9-16-15-17-11-18-20(15)10-12/h2-3,6-7,9-11,19H,4-5,8H2,1H3. The second-order valence-electron chi connectivity index (χ2n) is 5.12. The lowest BCUT2D eigenvalue weighted by Crippen LogP contribution is -2.25. The van der Waals surface area contributed by atoms with E-state index in [0.717, 1.165) is 5.56 Å². The largest absolute Gasteiger partial charge is 0.495 e. The van der Waals surface area contributed by atoms with E-state index in [1.807, 2.05) is 6.20 Å². The second kappa shape index (κ2) is 6.93. The number of hydrogen-bond acceptors (Lipinski definition) is 6. The number of benzene rings is 1. The van der Waals surface area contributed by atoms with Crippen LogP contribution >= 0.6 is 0 Å². The smallest absolute Gasteiger partial charge is 0.252 e. The Bertz CT molecular complexity index is 939. The molecule has 2 aromatic heterocycles. The van der Waals surface area contributed by atoms with Crippen LogP contribution in [-0.2, 0) is 16.4 Å². The van der Waals surface area contributed by atoms with Gasteiger partial charge in [-0.2, -0.15) is 10.1 Å². The Morgan fingerprint density at radius 1 is 1.25 bits per heavy atom. The molecular formula is C15H17N5O3S. The van der Waals surface area contributed by atoms with Gasteiger partial charge in [-0.25, -0.2) is 22.6 Å². The van der Waals surface area contributed by atoms with E-state index in [-0.39, 0.29) is 4.90 Å². The Balaban J connectivity index is 1.59. The van der Waals surface area contributed by atoms with Crippen LogP contribution < -0.4 is 9.46 Å². The third-order valence-corrected chi connectivity index (χ3v) is 4.98. The van der Waals surface area contributed by atoms with E-state index in [1.165, 1.54) is 19.5 Å². The fourth-order valence-corrected chi connectivity index (χ4v) is 3.55. The predicted octanol–water partition coefficient (Wildman–Crippen LogP) is 1.04. The first-order valence-corrected chi connectivity index (χ1v) is 8.85. The average Bonchev–Trinajstić information content (AvgIpc) is 3.06. The third-order valence-electron chi connectivity index (χ3n) is 3.48. The van der Waals surface area contributed by atoms with Gasteiger partial charge in [0, 0.05) is 18.9 Å². The van der Waals surface area contributed by atoms with Gasteiger partial charge in [0.15, 0.2) is 0 Å². The number of rotatable bonds is 7.